The normalized spacial score (nSPS) is 18.7. The van der Waals surface area contributed by atoms with Gasteiger partial charge in [0.25, 0.3) is 0 Å². The predicted molar refractivity (Wildman–Crippen MR) is 117 cm³/mol. The molecular weight excluding hydrogens is 422 g/mol. The molecular formula is C22H19ClF2N6. The van der Waals surface area contributed by atoms with Gasteiger partial charge in [-0.3, -0.25) is 0 Å². The van der Waals surface area contributed by atoms with Crippen LogP contribution in [-0.4, -0.2) is 40.8 Å². The summed E-state index contributed by atoms with van der Waals surface area (Å²) in [6.45, 7) is 2.80. The van der Waals surface area contributed by atoms with E-state index in [1.165, 1.54) is 37.2 Å². The molecule has 2 fully saturated rings. The average molecular weight is 441 g/mol. The Morgan fingerprint density at radius 1 is 1.10 bits per heavy atom. The van der Waals surface area contributed by atoms with Crippen molar-refractivity contribution in [3.63, 3.8) is 0 Å². The van der Waals surface area contributed by atoms with Crippen LogP contribution in [0.15, 0.2) is 47.6 Å². The van der Waals surface area contributed by atoms with Gasteiger partial charge in [-0.2, -0.15) is 5.10 Å². The number of nitrogens with one attached hydrogen (secondary N) is 2. The minimum absolute atomic E-state index is 0.0462. The molecule has 2 aromatic carbocycles. The van der Waals surface area contributed by atoms with Gasteiger partial charge in [-0.25, -0.2) is 18.5 Å². The largest absolute Gasteiger partial charge is 0.368 e. The van der Waals surface area contributed by atoms with Crippen LogP contribution in [-0.2, 0) is 0 Å². The van der Waals surface area contributed by atoms with E-state index < -0.39 is 11.6 Å². The van der Waals surface area contributed by atoms with E-state index in [-0.39, 0.29) is 16.9 Å². The Labute approximate surface area is 182 Å². The molecule has 1 aliphatic carbocycles. The second kappa shape index (κ2) is 6.77. The number of nitrogens with zero attached hydrogens (tertiary/aromatic N) is 4. The smallest absolute Gasteiger partial charge is 0.176 e. The predicted octanol–water partition coefficient (Wildman–Crippen LogP) is 4.25. The first-order valence-electron chi connectivity index (χ1n) is 10.2. The van der Waals surface area contributed by atoms with Crippen LogP contribution in [0.5, 0.6) is 0 Å². The number of benzene rings is 2. The van der Waals surface area contributed by atoms with Crippen LogP contribution in [0.1, 0.15) is 18.4 Å². The summed E-state index contributed by atoms with van der Waals surface area (Å²) in [5.74, 6) is -1.04. The lowest BCUT2D eigenvalue weighted by Gasteiger charge is -2.36. The van der Waals surface area contributed by atoms with Crippen LogP contribution in [0.3, 0.4) is 0 Å². The summed E-state index contributed by atoms with van der Waals surface area (Å²) in [4.78, 5) is 6.81. The van der Waals surface area contributed by atoms with E-state index in [0.717, 1.165) is 31.0 Å². The monoisotopic (exact) mass is 440 g/mol. The summed E-state index contributed by atoms with van der Waals surface area (Å²) < 4.78 is 30.6. The summed E-state index contributed by atoms with van der Waals surface area (Å²) in [5, 5.41) is 11.4. The third-order valence-corrected chi connectivity index (χ3v) is 6.44. The molecule has 3 heterocycles. The number of piperazine rings is 1. The topological polar surface area (TPSA) is 57.5 Å². The maximum absolute atomic E-state index is 14.5. The minimum Gasteiger partial charge on any atom is -0.368 e. The number of aliphatic imine (C=N–C) groups is 1. The average Bonchev–Trinajstić information content (AvgIpc) is 3.44. The minimum atomic E-state index is -0.705. The zero-order chi connectivity index (χ0) is 21.2. The number of rotatable bonds is 2. The molecule has 1 saturated heterocycles. The number of aromatic nitrogens is 2. The first kappa shape index (κ1) is 18.8. The van der Waals surface area contributed by atoms with Gasteiger partial charge in [-0.1, -0.05) is 17.7 Å². The molecule has 6 rings (SSSR count). The van der Waals surface area contributed by atoms with Crippen LogP contribution >= 0.6 is 11.6 Å². The molecule has 6 nitrogen and oxygen atoms in total. The molecule has 3 aromatic rings. The van der Waals surface area contributed by atoms with Crippen molar-refractivity contribution in [2.24, 2.45) is 4.99 Å². The summed E-state index contributed by atoms with van der Waals surface area (Å²) in [6, 6.07) is 9.66. The van der Waals surface area contributed by atoms with E-state index in [1.807, 2.05) is 18.2 Å². The zero-order valence-corrected chi connectivity index (χ0v) is 17.3. The summed E-state index contributed by atoms with van der Waals surface area (Å²) in [6.07, 6.45) is 3.88. The number of anilines is 2. The number of fused-ring (bicyclic) bond motifs is 3. The third kappa shape index (κ3) is 3.09. The third-order valence-electron chi connectivity index (χ3n) is 6.17. The van der Waals surface area contributed by atoms with Gasteiger partial charge in [0, 0.05) is 30.9 Å². The lowest BCUT2D eigenvalue weighted by Crippen LogP contribution is -2.52. The standard InChI is InChI=1S/C22H19ClF2N6/c23-14-11-27-31-18-10-13(30-9-8-26-22(12-30)6-7-22)4-5-17(18)28-20(29-21(14)31)19-15(24)2-1-3-16(19)25/h1-5,10-11,26H,6-9,12H2,(H,28,29). The SMILES string of the molecule is Fc1cccc(F)c1C1=Nc2c(Cl)cnn2-c2cc(N3CCNC4(CC4)C3)ccc2N1. The quantitative estimate of drug-likeness (QED) is 0.625. The molecule has 1 spiro atoms. The van der Waals surface area contributed by atoms with Gasteiger partial charge in [0.05, 0.1) is 23.1 Å². The van der Waals surface area contributed by atoms with Crippen molar-refractivity contribution >= 4 is 34.6 Å². The van der Waals surface area contributed by atoms with Crippen molar-refractivity contribution in [1.82, 2.24) is 15.1 Å². The van der Waals surface area contributed by atoms with Gasteiger partial charge >= 0.3 is 0 Å². The van der Waals surface area contributed by atoms with Gasteiger partial charge in [-0.15, -0.1) is 0 Å². The van der Waals surface area contributed by atoms with Crippen molar-refractivity contribution in [1.29, 1.82) is 0 Å². The van der Waals surface area contributed by atoms with Crippen molar-refractivity contribution in [2.45, 2.75) is 18.4 Å². The molecule has 3 aliphatic rings. The fraction of sp³-hybridized carbons (Fsp3) is 0.273. The van der Waals surface area contributed by atoms with Gasteiger partial charge in [0.2, 0.25) is 0 Å². The summed E-state index contributed by atoms with van der Waals surface area (Å²) >= 11 is 6.34. The lowest BCUT2D eigenvalue weighted by atomic mass is 10.1. The van der Waals surface area contributed by atoms with E-state index in [1.54, 1.807) is 4.68 Å². The fourth-order valence-electron chi connectivity index (χ4n) is 4.36. The van der Waals surface area contributed by atoms with Gasteiger partial charge < -0.3 is 15.5 Å². The van der Waals surface area contributed by atoms with E-state index in [2.05, 4.69) is 25.6 Å². The van der Waals surface area contributed by atoms with Gasteiger partial charge in [-0.05, 0) is 43.2 Å². The first-order chi connectivity index (χ1) is 15.0. The van der Waals surface area contributed by atoms with Crippen LogP contribution in [0.4, 0.5) is 26.0 Å². The van der Waals surface area contributed by atoms with Crippen molar-refractivity contribution in [2.75, 3.05) is 29.9 Å². The Bertz CT molecular complexity index is 1210. The number of halogens is 3. The Hall–Kier alpha value is -2.97. The lowest BCUT2D eigenvalue weighted by molar-refractivity contribution is 0.442. The van der Waals surface area contributed by atoms with Gasteiger partial charge in [0.1, 0.15) is 22.5 Å². The van der Waals surface area contributed by atoms with E-state index in [0.29, 0.717) is 16.5 Å². The number of amidine groups is 1. The van der Waals surface area contributed by atoms with Crippen molar-refractivity contribution in [3.05, 3.63) is 64.8 Å². The molecule has 2 aliphatic heterocycles. The van der Waals surface area contributed by atoms with E-state index in [9.17, 15) is 8.78 Å². The molecule has 1 saturated carbocycles. The Morgan fingerprint density at radius 3 is 2.68 bits per heavy atom. The van der Waals surface area contributed by atoms with Crippen LogP contribution in [0.25, 0.3) is 5.69 Å². The van der Waals surface area contributed by atoms with Crippen LogP contribution in [0, 0.1) is 11.6 Å². The van der Waals surface area contributed by atoms with Crippen molar-refractivity contribution < 1.29 is 8.78 Å². The van der Waals surface area contributed by atoms with Crippen LogP contribution < -0.4 is 15.5 Å². The maximum Gasteiger partial charge on any atom is 0.176 e. The molecule has 1 aromatic heterocycles. The molecule has 158 valence electrons. The molecule has 0 amide bonds. The van der Waals surface area contributed by atoms with Crippen LogP contribution in [0.2, 0.25) is 5.02 Å². The second-order valence-electron chi connectivity index (χ2n) is 8.24. The molecule has 0 radical (unpaired) electrons. The Morgan fingerprint density at radius 2 is 1.90 bits per heavy atom. The Balaban J connectivity index is 1.46. The molecule has 2 N–H and O–H groups in total. The van der Waals surface area contributed by atoms with Crippen molar-refractivity contribution in [3.8, 4) is 5.69 Å². The molecule has 0 bridgehead atoms. The highest BCUT2D eigenvalue weighted by molar-refractivity contribution is 6.33. The first-order valence-corrected chi connectivity index (χ1v) is 10.6. The molecule has 0 unspecified atom stereocenters. The Kier molecular flexibility index (Phi) is 4.10. The maximum atomic E-state index is 14.5. The number of hydrogen-bond acceptors (Lipinski definition) is 5. The van der Waals surface area contributed by atoms with Gasteiger partial charge in [0.15, 0.2) is 5.82 Å². The highest BCUT2D eigenvalue weighted by Crippen LogP contribution is 2.40. The molecule has 31 heavy (non-hydrogen) atoms. The van der Waals surface area contributed by atoms with E-state index in [4.69, 9.17) is 11.6 Å². The van der Waals surface area contributed by atoms with E-state index >= 15 is 0 Å². The molecule has 0 atom stereocenters. The summed E-state index contributed by atoms with van der Waals surface area (Å²) in [5.41, 5.74) is 2.42. The number of hydrogen-bond donors (Lipinski definition) is 2. The second-order valence-corrected chi connectivity index (χ2v) is 8.65. The fourth-order valence-corrected chi connectivity index (χ4v) is 4.53. The zero-order valence-electron chi connectivity index (χ0n) is 16.5. The highest BCUT2D eigenvalue weighted by Gasteiger charge is 2.45. The highest BCUT2D eigenvalue weighted by atomic mass is 35.5. The molecule has 9 heteroatoms. The summed E-state index contributed by atoms with van der Waals surface area (Å²) in [7, 11) is 0.